The fraction of sp³-hybridized carbons (Fsp3) is 0.192. The molecule has 164 valence electrons. The van der Waals surface area contributed by atoms with Crippen LogP contribution in [0.5, 0.6) is 5.75 Å². The largest absolute Gasteiger partial charge is 0.497 e. The van der Waals surface area contributed by atoms with Crippen LogP contribution in [0.3, 0.4) is 0 Å². The molecule has 0 fully saturated rings. The molecular weight excluding hydrogens is 424 g/mol. The van der Waals surface area contributed by atoms with E-state index in [2.05, 4.69) is 5.32 Å². The van der Waals surface area contributed by atoms with Gasteiger partial charge in [-0.25, -0.2) is 4.79 Å². The maximum absolute atomic E-state index is 12.4. The molecule has 5 nitrogen and oxygen atoms in total. The molecule has 1 heterocycles. The number of fused-ring (bicyclic) bond motifs is 1. The molecule has 0 unspecified atom stereocenters. The minimum atomic E-state index is -0.951. The molecule has 4 aromatic rings. The van der Waals surface area contributed by atoms with Crippen molar-refractivity contribution in [1.29, 1.82) is 0 Å². The van der Waals surface area contributed by atoms with Crippen molar-refractivity contribution < 1.29 is 14.6 Å². The van der Waals surface area contributed by atoms with Crippen LogP contribution in [0.15, 0.2) is 66.7 Å². The summed E-state index contributed by atoms with van der Waals surface area (Å²) in [4.78, 5) is 12.4. The highest BCUT2D eigenvalue weighted by Crippen LogP contribution is 2.31. The topological polar surface area (TPSA) is 63.5 Å². The van der Waals surface area contributed by atoms with E-state index in [1.54, 1.807) is 7.11 Å². The van der Waals surface area contributed by atoms with E-state index in [0.717, 1.165) is 33.2 Å². The average Bonchev–Trinajstić information content (AvgIpc) is 3.08. The standard InChI is InChI=1S/C26H25ClN2O3/c1-17-6-3-4-8-19(17)16-29-24-13-21(32-2)10-11-22(24)23(25(29)26(30)31)15-28-14-18-7-5-9-20(27)12-18/h3-13,28H,14-16H2,1-2H3,(H,30,31). The van der Waals surface area contributed by atoms with Gasteiger partial charge in [-0.2, -0.15) is 0 Å². The lowest BCUT2D eigenvalue weighted by molar-refractivity contribution is 0.0684. The number of aromatic nitrogens is 1. The zero-order chi connectivity index (χ0) is 22.7. The molecule has 0 aliphatic rings. The van der Waals surface area contributed by atoms with Gasteiger partial charge in [0.15, 0.2) is 0 Å². The monoisotopic (exact) mass is 448 g/mol. The first-order chi connectivity index (χ1) is 15.5. The van der Waals surface area contributed by atoms with Crippen molar-refractivity contribution in [2.75, 3.05) is 7.11 Å². The van der Waals surface area contributed by atoms with Gasteiger partial charge in [0.2, 0.25) is 0 Å². The van der Waals surface area contributed by atoms with Gasteiger partial charge >= 0.3 is 5.97 Å². The SMILES string of the molecule is COc1ccc2c(CNCc3cccc(Cl)c3)c(C(=O)O)n(Cc3ccccc3C)c2c1. The quantitative estimate of drug-likeness (QED) is 0.365. The first-order valence-corrected chi connectivity index (χ1v) is 10.8. The predicted molar refractivity (Wildman–Crippen MR) is 128 cm³/mol. The third kappa shape index (κ3) is 4.49. The van der Waals surface area contributed by atoms with Crippen LogP contribution in [0.4, 0.5) is 0 Å². The first kappa shape index (κ1) is 21.9. The molecule has 0 spiro atoms. The van der Waals surface area contributed by atoms with Crippen LogP contribution in [-0.4, -0.2) is 22.8 Å². The number of nitrogens with one attached hydrogen (secondary N) is 1. The van der Waals surface area contributed by atoms with Crippen LogP contribution in [0.25, 0.3) is 10.9 Å². The van der Waals surface area contributed by atoms with Gasteiger partial charge in [-0.3, -0.25) is 0 Å². The number of hydrogen-bond acceptors (Lipinski definition) is 3. The molecule has 0 atom stereocenters. The summed E-state index contributed by atoms with van der Waals surface area (Å²) in [5.74, 6) is -0.260. The van der Waals surface area contributed by atoms with E-state index >= 15 is 0 Å². The Balaban J connectivity index is 1.76. The maximum atomic E-state index is 12.4. The molecule has 0 saturated heterocycles. The lowest BCUT2D eigenvalue weighted by atomic mass is 10.1. The zero-order valence-electron chi connectivity index (χ0n) is 18.1. The van der Waals surface area contributed by atoms with Crippen LogP contribution < -0.4 is 10.1 Å². The van der Waals surface area contributed by atoms with Crippen LogP contribution in [0.1, 0.15) is 32.7 Å². The summed E-state index contributed by atoms with van der Waals surface area (Å²) in [6.45, 7) is 3.50. The Morgan fingerprint density at radius 2 is 1.88 bits per heavy atom. The number of rotatable bonds is 8. The first-order valence-electron chi connectivity index (χ1n) is 10.4. The second kappa shape index (κ2) is 9.47. The molecule has 1 aromatic heterocycles. The van der Waals surface area contributed by atoms with Gasteiger partial charge in [0, 0.05) is 41.7 Å². The van der Waals surface area contributed by atoms with Crippen LogP contribution in [-0.2, 0) is 19.6 Å². The van der Waals surface area contributed by atoms with Crippen molar-refractivity contribution in [3.8, 4) is 5.75 Å². The van der Waals surface area contributed by atoms with Gasteiger partial charge in [-0.05, 0) is 47.9 Å². The number of carbonyl (C=O) groups is 1. The Morgan fingerprint density at radius 3 is 2.59 bits per heavy atom. The van der Waals surface area contributed by atoms with Crippen LogP contribution in [0, 0.1) is 6.92 Å². The molecule has 4 rings (SSSR count). The normalized spacial score (nSPS) is 11.1. The number of carboxylic acid groups (broad SMARTS) is 1. The maximum Gasteiger partial charge on any atom is 0.352 e. The Morgan fingerprint density at radius 1 is 1.06 bits per heavy atom. The van der Waals surface area contributed by atoms with Crippen LogP contribution >= 0.6 is 11.6 Å². The number of nitrogens with zero attached hydrogens (tertiary/aromatic N) is 1. The number of methoxy groups -OCH3 is 1. The highest BCUT2D eigenvalue weighted by Gasteiger charge is 2.23. The van der Waals surface area contributed by atoms with Crippen LogP contribution in [0.2, 0.25) is 5.02 Å². The molecule has 0 radical (unpaired) electrons. The molecule has 0 aliphatic heterocycles. The molecule has 0 bridgehead atoms. The summed E-state index contributed by atoms with van der Waals surface area (Å²) >= 11 is 6.09. The number of ether oxygens (including phenoxy) is 1. The van der Waals surface area contributed by atoms with Crippen molar-refractivity contribution in [1.82, 2.24) is 9.88 Å². The molecule has 2 N–H and O–H groups in total. The van der Waals surface area contributed by atoms with Crippen molar-refractivity contribution in [2.24, 2.45) is 0 Å². The fourth-order valence-electron chi connectivity index (χ4n) is 4.05. The Bertz CT molecular complexity index is 1280. The summed E-state index contributed by atoms with van der Waals surface area (Å²) in [5.41, 5.74) is 5.12. The van der Waals surface area contributed by atoms with E-state index in [1.165, 1.54) is 0 Å². The van der Waals surface area contributed by atoms with Gasteiger partial charge in [0.25, 0.3) is 0 Å². The summed E-state index contributed by atoms with van der Waals surface area (Å²) in [7, 11) is 1.61. The fourth-order valence-corrected chi connectivity index (χ4v) is 4.27. The molecule has 0 saturated carbocycles. The molecule has 0 amide bonds. The second-order valence-electron chi connectivity index (χ2n) is 7.76. The van der Waals surface area contributed by atoms with E-state index in [4.69, 9.17) is 16.3 Å². The van der Waals surface area contributed by atoms with Gasteiger partial charge in [-0.1, -0.05) is 48.0 Å². The number of carboxylic acids is 1. The van der Waals surface area contributed by atoms with Gasteiger partial charge < -0.3 is 19.7 Å². The van der Waals surface area contributed by atoms with E-state index in [-0.39, 0.29) is 5.69 Å². The van der Waals surface area contributed by atoms with Crippen molar-refractivity contribution in [3.63, 3.8) is 0 Å². The molecule has 3 aromatic carbocycles. The highest BCUT2D eigenvalue weighted by molar-refractivity contribution is 6.30. The van der Waals surface area contributed by atoms with Gasteiger partial charge in [0.1, 0.15) is 11.4 Å². The van der Waals surface area contributed by atoms with Gasteiger partial charge in [0.05, 0.1) is 12.6 Å². The number of aryl methyl sites for hydroxylation is 1. The number of halogens is 1. The predicted octanol–water partition coefficient (Wildman–Crippen LogP) is 5.65. The number of hydrogen-bond donors (Lipinski definition) is 2. The summed E-state index contributed by atoms with van der Waals surface area (Å²) < 4.78 is 7.30. The number of aromatic carboxylic acids is 1. The molecule has 32 heavy (non-hydrogen) atoms. The zero-order valence-corrected chi connectivity index (χ0v) is 18.8. The molecule has 0 aliphatic carbocycles. The Hall–Kier alpha value is -3.28. The minimum Gasteiger partial charge on any atom is -0.497 e. The van der Waals surface area contributed by atoms with E-state index in [9.17, 15) is 9.90 Å². The second-order valence-corrected chi connectivity index (χ2v) is 8.20. The third-order valence-corrected chi connectivity index (χ3v) is 5.92. The Kier molecular flexibility index (Phi) is 6.49. The van der Waals surface area contributed by atoms with E-state index in [0.29, 0.717) is 30.4 Å². The Labute approximate surface area is 192 Å². The van der Waals surface area contributed by atoms with Gasteiger partial charge in [-0.15, -0.1) is 0 Å². The van der Waals surface area contributed by atoms with E-state index in [1.807, 2.05) is 78.2 Å². The lowest BCUT2D eigenvalue weighted by Crippen LogP contribution is -2.17. The third-order valence-electron chi connectivity index (χ3n) is 5.69. The number of benzene rings is 3. The lowest BCUT2D eigenvalue weighted by Gasteiger charge is -2.12. The highest BCUT2D eigenvalue weighted by atomic mass is 35.5. The molecular formula is C26H25ClN2O3. The summed E-state index contributed by atoms with van der Waals surface area (Å²) in [6, 6.07) is 21.4. The molecule has 6 heteroatoms. The summed E-state index contributed by atoms with van der Waals surface area (Å²) in [5, 5.41) is 15.1. The summed E-state index contributed by atoms with van der Waals surface area (Å²) in [6.07, 6.45) is 0. The van der Waals surface area contributed by atoms with Crippen molar-refractivity contribution in [2.45, 2.75) is 26.6 Å². The average molecular weight is 449 g/mol. The van der Waals surface area contributed by atoms with Crippen molar-refractivity contribution >= 4 is 28.5 Å². The van der Waals surface area contributed by atoms with Crippen molar-refractivity contribution in [3.05, 3.63) is 99.7 Å². The minimum absolute atomic E-state index is 0.287. The smallest absolute Gasteiger partial charge is 0.352 e. The van der Waals surface area contributed by atoms with E-state index < -0.39 is 5.97 Å².